The SMILES string of the molecule is CCC1=NC(=S)N=C1CCCCN. The zero-order chi connectivity index (χ0) is 9.68. The molecule has 1 rings (SSSR count). The maximum absolute atomic E-state index is 5.41. The number of unbranched alkanes of at least 4 members (excludes halogenated alkanes) is 1. The lowest BCUT2D eigenvalue weighted by Gasteiger charge is -2.00. The molecule has 13 heavy (non-hydrogen) atoms. The van der Waals surface area contributed by atoms with E-state index in [4.69, 9.17) is 18.0 Å². The Hall–Kier alpha value is -0.610. The monoisotopic (exact) mass is 197 g/mol. The lowest BCUT2D eigenvalue weighted by atomic mass is 10.1. The summed E-state index contributed by atoms with van der Waals surface area (Å²) in [6.07, 6.45) is 4.01. The fourth-order valence-corrected chi connectivity index (χ4v) is 1.53. The lowest BCUT2D eigenvalue weighted by Crippen LogP contribution is -2.10. The molecule has 0 saturated carbocycles. The van der Waals surface area contributed by atoms with Crippen molar-refractivity contribution in [3.8, 4) is 0 Å². The molecule has 0 aliphatic carbocycles. The predicted octanol–water partition coefficient (Wildman–Crippen LogP) is 1.71. The third kappa shape index (κ3) is 2.97. The van der Waals surface area contributed by atoms with E-state index in [1.54, 1.807) is 0 Å². The highest BCUT2D eigenvalue weighted by atomic mass is 32.1. The van der Waals surface area contributed by atoms with Crippen molar-refractivity contribution in [2.24, 2.45) is 15.7 Å². The maximum atomic E-state index is 5.41. The Labute approximate surface area is 84.1 Å². The van der Waals surface area contributed by atoms with E-state index in [1.807, 2.05) is 0 Å². The van der Waals surface area contributed by atoms with Gasteiger partial charge in [-0.15, -0.1) is 0 Å². The van der Waals surface area contributed by atoms with Crippen molar-refractivity contribution in [1.82, 2.24) is 0 Å². The lowest BCUT2D eigenvalue weighted by molar-refractivity contribution is 0.775. The van der Waals surface area contributed by atoms with Crippen molar-refractivity contribution in [2.45, 2.75) is 32.6 Å². The number of nitrogens with two attached hydrogens (primary N) is 1. The van der Waals surface area contributed by atoms with Gasteiger partial charge in [0.1, 0.15) is 0 Å². The quantitative estimate of drug-likeness (QED) is 0.539. The smallest absolute Gasteiger partial charge is 0.219 e. The van der Waals surface area contributed by atoms with E-state index in [-0.39, 0.29) is 0 Å². The fourth-order valence-electron chi connectivity index (χ4n) is 1.31. The second-order valence-corrected chi connectivity index (χ2v) is 3.36. The zero-order valence-corrected chi connectivity index (χ0v) is 8.73. The van der Waals surface area contributed by atoms with Crippen molar-refractivity contribution in [3.63, 3.8) is 0 Å². The van der Waals surface area contributed by atoms with Crippen molar-refractivity contribution in [3.05, 3.63) is 0 Å². The fraction of sp³-hybridized carbons (Fsp3) is 0.667. The Kier molecular flexibility index (Phi) is 4.18. The number of rotatable bonds is 5. The van der Waals surface area contributed by atoms with Gasteiger partial charge in [0.15, 0.2) is 0 Å². The van der Waals surface area contributed by atoms with Crippen LogP contribution in [0.15, 0.2) is 9.98 Å². The molecule has 1 aliphatic heterocycles. The summed E-state index contributed by atoms with van der Waals surface area (Å²) < 4.78 is 0. The Morgan fingerprint density at radius 1 is 1.23 bits per heavy atom. The highest BCUT2D eigenvalue weighted by molar-refractivity contribution is 7.80. The van der Waals surface area contributed by atoms with Crippen LogP contribution < -0.4 is 5.73 Å². The first-order valence-electron chi connectivity index (χ1n) is 4.67. The molecule has 0 saturated heterocycles. The largest absolute Gasteiger partial charge is 0.330 e. The van der Waals surface area contributed by atoms with E-state index in [1.165, 1.54) is 0 Å². The van der Waals surface area contributed by atoms with Gasteiger partial charge in [0, 0.05) is 0 Å². The van der Waals surface area contributed by atoms with Crippen LogP contribution in [0.25, 0.3) is 0 Å². The molecule has 0 fully saturated rings. The molecular weight excluding hydrogens is 182 g/mol. The molecule has 1 aliphatic rings. The Morgan fingerprint density at radius 3 is 2.54 bits per heavy atom. The molecule has 72 valence electrons. The summed E-state index contributed by atoms with van der Waals surface area (Å²) in [6, 6.07) is 0. The number of hydrogen-bond donors (Lipinski definition) is 1. The van der Waals surface area contributed by atoms with Crippen LogP contribution in [-0.4, -0.2) is 23.1 Å². The molecular formula is C9H15N3S. The van der Waals surface area contributed by atoms with Gasteiger partial charge in [-0.1, -0.05) is 6.92 Å². The third-order valence-corrected chi connectivity index (χ3v) is 2.18. The van der Waals surface area contributed by atoms with Crippen LogP contribution in [0.5, 0.6) is 0 Å². The number of hydrogen-bond acceptors (Lipinski definition) is 2. The summed E-state index contributed by atoms with van der Waals surface area (Å²) in [4.78, 5) is 8.40. The first kappa shape index (κ1) is 10.5. The number of aliphatic imine (C=N–C) groups is 2. The molecule has 0 aromatic rings. The Bertz CT molecular complexity index is 256. The summed E-state index contributed by atoms with van der Waals surface area (Å²) in [7, 11) is 0. The number of nitrogens with zero attached hydrogens (tertiary/aromatic N) is 2. The second-order valence-electron chi connectivity index (χ2n) is 3.00. The van der Waals surface area contributed by atoms with Crippen molar-refractivity contribution < 1.29 is 0 Å². The van der Waals surface area contributed by atoms with E-state index < -0.39 is 0 Å². The number of thiocarbonyl (C=S) groups is 1. The molecule has 0 atom stereocenters. The van der Waals surface area contributed by atoms with E-state index in [9.17, 15) is 0 Å². The summed E-state index contributed by atoms with van der Waals surface area (Å²) in [6.45, 7) is 2.82. The van der Waals surface area contributed by atoms with Crippen LogP contribution in [0.4, 0.5) is 0 Å². The highest BCUT2D eigenvalue weighted by Crippen LogP contribution is 2.09. The van der Waals surface area contributed by atoms with E-state index in [0.29, 0.717) is 5.11 Å². The topological polar surface area (TPSA) is 50.7 Å². The molecule has 0 aromatic heterocycles. The van der Waals surface area contributed by atoms with Crippen LogP contribution in [-0.2, 0) is 0 Å². The Balaban J connectivity index is 2.45. The molecule has 0 bridgehead atoms. The third-order valence-electron chi connectivity index (χ3n) is 2.00. The molecule has 3 nitrogen and oxygen atoms in total. The van der Waals surface area contributed by atoms with Gasteiger partial charge in [-0.25, -0.2) is 9.98 Å². The minimum Gasteiger partial charge on any atom is -0.330 e. The summed E-state index contributed by atoms with van der Waals surface area (Å²) >= 11 is 4.92. The summed E-state index contributed by atoms with van der Waals surface area (Å²) in [5.74, 6) is 0. The van der Waals surface area contributed by atoms with Gasteiger partial charge in [0.05, 0.1) is 11.4 Å². The van der Waals surface area contributed by atoms with Crippen LogP contribution in [0.3, 0.4) is 0 Å². The zero-order valence-electron chi connectivity index (χ0n) is 7.92. The maximum Gasteiger partial charge on any atom is 0.219 e. The van der Waals surface area contributed by atoms with Crippen molar-refractivity contribution in [2.75, 3.05) is 6.54 Å². The highest BCUT2D eigenvalue weighted by Gasteiger charge is 2.14. The normalized spacial score (nSPS) is 16.0. The molecule has 0 aromatic carbocycles. The van der Waals surface area contributed by atoms with Gasteiger partial charge in [0.25, 0.3) is 0 Å². The summed E-state index contributed by atoms with van der Waals surface area (Å²) in [5.41, 5.74) is 7.54. The molecule has 0 radical (unpaired) electrons. The van der Waals surface area contributed by atoms with E-state index in [2.05, 4.69) is 16.9 Å². The predicted molar refractivity (Wildman–Crippen MR) is 60.7 cm³/mol. The van der Waals surface area contributed by atoms with Crippen LogP contribution in [0, 0.1) is 0 Å². The standard InChI is InChI=1S/C9H15N3S/c1-2-7-8(5-3-4-6-10)12-9(13)11-7/h2-6,10H2,1H3. The van der Waals surface area contributed by atoms with Gasteiger partial charge >= 0.3 is 0 Å². The van der Waals surface area contributed by atoms with Crippen LogP contribution >= 0.6 is 12.2 Å². The van der Waals surface area contributed by atoms with Gasteiger partial charge in [-0.3, -0.25) is 0 Å². The van der Waals surface area contributed by atoms with Crippen molar-refractivity contribution >= 4 is 28.8 Å². The summed E-state index contributed by atoms with van der Waals surface area (Å²) in [5, 5.41) is 0.486. The molecule has 0 unspecified atom stereocenters. The average molecular weight is 197 g/mol. The molecule has 4 heteroatoms. The van der Waals surface area contributed by atoms with E-state index in [0.717, 1.165) is 43.7 Å². The molecule has 0 amide bonds. The van der Waals surface area contributed by atoms with Gasteiger partial charge < -0.3 is 5.73 Å². The average Bonchev–Trinajstić information content (AvgIpc) is 2.47. The van der Waals surface area contributed by atoms with Gasteiger partial charge in [-0.05, 0) is 44.4 Å². The van der Waals surface area contributed by atoms with Crippen molar-refractivity contribution in [1.29, 1.82) is 0 Å². The molecule has 0 spiro atoms. The minimum absolute atomic E-state index is 0.486. The first-order chi connectivity index (χ1) is 6.27. The minimum atomic E-state index is 0.486. The second kappa shape index (κ2) is 5.19. The van der Waals surface area contributed by atoms with Crippen LogP contribution in [0.2, 0.25) is 0 Å². The van der Waals surface area contributed by atoms with Gasteiger partial charge in [0.2, 0.25) is 5.11 Å². The molecule has 1 heterocycles. The molecule has 2 N–H and O–H groups in total. The first-order valence-corrected chi connectivity index (χ1v) is 5.08. The van der Waals surface area contributed by atoms with Gasteiger partial charge in [-0.2, -0.15) is 0 Å². The Morgan fingerprint density at radius 2 is 1.92 bits per heavy atom. The van der Waals surface area contributed by atoms with Crippen LogP contribution in [0.1, 0.15) is 32.6 Å². The van der Waals surface area contributed by atoms with E-state index >= 15 is 0 Å².